The molecule has 106 valence electrons. The number of carbonyl (C=O) groups is 1. The minimum atomic E-state index is -0.993. The zero-order valence-corrected chi connectivity index (χ0v) is 11.4. The standard InChI is InChI=1S/C15H16O5/c1-10-14(15(16)17)7-13(20-10)9-19-8-11-3-5-12(18-2)6-4-11/h3-7H,8-9H2,1-2H3,(H,16,17). The molecule has 0 unspecified atom stereocenters. The molecule has 5 heteroatoms. The molecule has 0 fully saturated rings. The van der Waals surface area contributed by atoms with Crippen LogP contribution in [0.4, 0.5) is 0 Å². The predicted molar refractivity (Wildman–Crippen MR) is 71.9 cm³/mol. The quantitative estimate of drug-likeness (QED) is 0.878. The molecule has 1 aromatic carbocycles. The number of hydrogen-bond acceptors (Lipinski definition) is 4. The van der Waals surface area contributed by atoms with Crippen LogP contribution in [-0.2, 0) is 18.0 Å². The lowest BCUT2D eigenvalue weighted by Crippen LogP contribution is -1.95. The highest BCUT2D eigenvalue weighted by molar-refractivity contribution is 5.88. The summed E-state index contributed by atoms with van der Waals surface area (Å²) >= 11 is 0. The number of carboxylic acids is 1. The number of aryl methyl sites for hydroxylation is 1. The van der Waals surface area contributed by atoms with E-state index in [1.165, 1.54) is 6.07 Å². The van der Waals surface area contributed by atoms with E-state index in [4.69, 9.17) is 19.0 Å². The van der Waals surface area contributed by atoms with Crippen molar-refractivity contribution < 1.29 is 23.8 Å². The lowest BCUT2D eigenvalue weighted by Gasteiger charge is -2.04. The van der Waals surface area contributed by atoms with Crippen LogP contribution in [0.15, 0.2) is 34.7 Å². The van der Waals surface area contributed by atoms with Crippen LogP contribution in [0.2, 0.25) is 0 Å². The fourth-order valence-corrected chi connectivity index (χ4v) is 1.82. The Morgan fingerprint density at radius 2 is 1.95 bits per heavy atom. The Kier molecular flexibility index (Phi) is 4.42. The molecule has 0 atom stereocenters. The second kappa shape index (κ2) is 6.25. The third kappa shape index (κ3) is 3.39. The maximum absolute atomic E-state index is 10.9. The van der Waals surface area contributed by atoms with Gasteiger partial charge in [0.1, 0.15) is 29.4 Å². The average molecular weight is 276 g/mol. The smallest absolute Gasteiger partial charge is 0.339 e. The highest BCUT2D eigenvalue weighted by Crippen LogP contribution is 2.17. The van der Waals surface area contributed by atoms with Gasteiger partial charge in [0.25, 0.3) is 0 Å². The van der Waals surface area contributed by atoms with Gasteiger partial charge in [-0.1, -0.05) is 12.1 Å². The summed E-state index contributed by atoms with van der Waals surface area (Å²) in [6.45, 7) is 2.28. The minimum Gasteiger partial charge on any atom is -0.497 e. The fraction of sp³-hybridized carbons (Fsp3) is 0.267. The van der Waals surface area contributed by atoms with Gasteiger partial charge in [-0.05, 0) is 30.7 Å². The second-order valence-corrected chi connectivity index (χ2v) is 4.33. The molecule has 0 spiro atoms. The first-order chi connectivity index (χ1) is 9.60. The van der Waals surface area contributed by atoms with Crippen LogP contribution in [0.5, 0.6) is 5.75 Å². The Labute approximate surface area is 116 Å². The van der Waals surface area contributed by atoms with Crippen LogP contribution >= 0.6 is 0 Å². The van der Waals surface area contributed by atoms with Gasteiger partial charge >= 0.3 is 5.97 Å². The van der Waals surface area contributed by atoms with Crippen LogP contribution in [0.25, 0.3) is 0 Å². The summed E-state index contributed by atoms with van der Waals surface area (Å²) in [5.74, 6) is 0.697. The number of carboxylic acid groups (broad SMARTS) is 1. The zero-order chi connectivity index (χ0) is 14.5. The van der Waals surface area contributed by atoms with Crippen molar-refractivity contribution in [1.29, 1.82) is 0 Å². The topological polar surface area (TPSA) is 68.9 Å². The minimum absolute atomic E-state index is 0.174. The molecule has 2 aromatic rings. The molecule has 1 aromatic heterocycles. The van der Waals surface area contributed by atoms with Crippen molar-refractivity contribution in [2.45, 2.75) is 20.1 Å². The third-order valence-corrected chi connectivity index (χ3v) is 2.87. The van der Waals surface area contributed by atoms with Gasteiger partial charge in [0, 0.05) is 0 Å². The van der Waals surface area contributed by atoms with Crippen molar-refractivity contribution in [3.63, 3.8) is 0 Å². The van der Waals surface area contributed by atoms with Crippen molar-refractivity contribution in [1.82, 2.24) is 0 Å². The number of methoxy groups -OCH3 is 1. The van der Waals surface area contributed by atoms with E-state index < -0.39 is 5.97 Å². The van der Waals surface area contributed by atoms with Crippen molar-refractivity contribution in [3.8, 4) is 5.75 Å². The van der Waals surface area contributed by atoms with Gasteiger partial charge < -0.3 is 19.0 Å². The number of benzene rings is 1. The highest BCUT2D eigenvalue weighted by Gasteiger charge is 2.13. The van der Waals surface area contributed by atoms with Crippen LogP contribution < -0.4 is 4.74 Å². The second-order valence-electron chi connectivity index (χ2n) is 4.33. The van der Waals surface area contributed by atoms with E-state index in [0.717, 1.165) is 11.3 Å². The Morgan fingerprint density at radius 1 is 1.25 bits per heavy atom. The van der Waals surface area contributed by atoms with Gasteiger partial charge in [0.15, 0.2) is 0 Å². The number of aromatic carboxylic acids is 1. The van der Waals surface area contributed by atoms with E-state index in [0.29, 0.717) is 18.1 Å². The number of rotatable bonds is 6. The molecule has 0 saturated heterocycles. The van der Waals surface area contributed by atoms with E-state index in [1.54, 1.807) is 14.0 Å². The number of ether oxygens (including phenoxy) is 2. The molecule has 0 aliphatic carbocycles. The van der Waals surface area contributed by atoms with Gasteiger partial charge in [-0.3, -0.25) is 0 Å². The largest absolute Gasteiger partial charge is 0.497 e. The average Bonchev–Trinajstić information content (AvgIpc) is 2.81. The fourth-order valence-electron chi connectivity index (χ4n) is 1.82. The molecule has 0 radical (unpaired) electrons. The Morgan fingerprint density at radius 3 is 2.50 bits per heavy atom. The first-order valence-corrected chi connectivity index (χ1v) is 6.13. The normalized spacial score (nSPS) is 10.5. The first-order valence-electron chi connectivity index (χ1n) is 6.13. The Hall–Kier alpha value is -2.27. The summed E-state index contributed by atoms with van der Waals surface area (Å²) in [6.07, 6.45) is 0. The van der Waals surface area contributed by atoms with Crippen LogP contribution in [0.1, 0.15) is 27.4 Å². The van der Waals surface area contributed by atoms with Crippen molar-refractivity contribution in [3.05, 3.63) is 53.0 Å². The van der Waals surface area contributed by atoms with Gasteiger partial charge in [-0.15, -0.1) is 0 Å². The Balaban J connectivity index is 1.89. The molecule has 0 aliphatic heterocycles. The van der Waals surface area contributed by atoms with E-state index in [2.05, 4.69) is 0 Å². The van der Waals surface area contributed by atoms with Gasteiger partial charge in [-0.2, -0.15) is 0 Å². The maximum atomic E-state index is 10.9. The van der Waals surface area contributed by atoms with Crippen molar-refractivity contribution >= 4 is 5.97 Å². The summed E-state index contributed by atoms with van der Waals surface area (Å²) in [6, 6.07) is 9.03. The lowest BCUT2D eigenvalue weighted by atomic mass is 10.2. The van der Waals surface area contributed by atoms with E-state index in [-0.39, 0.29) is 12.2 Å². The monoisotopic (exact) mass is 276 g/mol. The van der Waals surface area contributed by atoms with Crippen molar-refractivity contribution in [2.75, 3.05) is 7.11 Å². The van der Waals surface area contributed by atoms with Gasteiger partial charge in [-0.25, -0.2) is 4.79 Å². The molecular weight excluding hydrogens is 260 g/mol. The van der Waals surface area contributed by atoms with E-state index in [1.807, 2.05) is 24.3 Å². The SMILES string of the molecule is COc1ccc(COCc2cc(C(=O)O)c(C)o2)cc1. The Bertz CT molecular complexity index is 583. The number of furan rings is 1. The van der Waals surface area contributed by atoms with Crippen LogP contribution in [-0.4, -0.2) is 18.2 Å². The molecule has 2 rings (SSSR count). The van der Waals surface area contributed by atoms with Crippen LogP contribution in [0, 0.1) is 6.92 Å². The van der Waals surface area contributed by atoms with Crippen LogP contribution in [0.3, 0.4) is 0 Å². The summed E-state index contributed by atoms with van der Waals surface area (Å²) in [5.41, 5.74) is 1.18. The maximum Gasteiger partial charge on any atom is 0.339 e. The molecule has 0 saturated carbocycles. The molecule has 1 heterocycles. The molecular formula is C15H16O5. The highest BCUT2D eigenvalue weighted by atomic mass is 16.5. The van der Waals surface area contributed by atoms with Gasteiger partial charge in [0.05, 0.1) is 13.7 Å². The summed E-state index contributed by atoms with van der Waals surface area (Å²) in [5, 5.41) is 8.92. The van der Waals surface area contributed by atoms with E-state index in [9.17, 15) is 4.79 Å². The molecule has 0 aliphatic rings. The van der Waals surface area contributed by atoms with Crippen molar-refractivity contribution in [2.24, 2.45) is 0 Å². The first kappa shape index (κ1) is 14.1. The zero-order valence-electron chi connectivity index (χ0n) is 11.4. The summed E-state index contributed by atoms with van der Waals surface area (Å²) < 4.78 is 15.9. The summed E-state index contributed by atoms with van der Waals surface area (Å²) in [4.78, 5) is 10.9. The third-order valence-electron chi connectivity index (χ3n) is 2.87. The lowest BCUT2D eigenvalue weighted by molar-refractivity contribution is 0.0695. The molecule has 20 heavy (non-hydrogen) atoms. The molecule has 5 nitrogen and oxygen atoms in total. The molecule has 0 amide bonds. The summed E-state index contributed by atoms with van der Waals surface area (Å²) in [7, 11) is 1.62. The predicted octanol–water partition coefficient (Wildman–Crippen LogP) is 3.01. The molecule has 1 N–H and O–H groups in total. The number of hydrogen-bond donors (Lipinski definition) is 1. The molecule has 0 bridgehead atoms. The van der Waals surface area contributed by atoms with Gasteiger partial charge in [0.2, 0.25) is 0 Å². The van der Waals surface area contributed by atoms with E-state index >= 15 is 0 Å².